The second-order valence-corrected chi connectivity index (χ2v) is 4.02. The van der Waals surface area contributed by atoms with E-state index >= 15 is 0 Å². The molecule has 0 atom stereocenters. The second-order valence-electron chi connectivity index (χ2n) is 1.34. The maximum atomic E-state index is 8.55. The standard InChI is InChI=1S/Cs.3H3O4P.2Zr/c;3*1-5(2,3)4;;/h;3*(H3,1,2,3,4);;/q+1;;;;2*+4/p-9. The van der Waals surface area contributed by atoms with Gasteiger partial charge in [-0.15, -0.1) is 0 Å². The molecule has 0 spiro atoms. The minimum atomic E-state index is -5.39. The molecule has 12 nitrogen and oxygen atoms in total. The van der Waals surface area contributed by atoms with Gasteiger partial charge in [-0.1, -0.05) is 0 Å². The molecule has 0 amide bonds. The molecule has 18 heteroatoms. The molecule has 0 aromatic carbocycles. The van der Waals surface area contributed by atoms with Gasteiger partial charge in [-0.05, 0) is 0 Å². The molecule has 0 aliphatic carbocycles. The zero-order valence-corrected chi connectivity index (χ0v) is 22.1. The van der Waals surface area contributed by atoms with Crippen molar-refractivity contribution in [3.63, 3.8) is 0 Å². The number of hydrogen-bond acceptors (Lipinski definition) is 12. The minimum absolute atomic E-state index is 0. The molecule has 0 saturated heterocycles. The van der Waals surface area contributed by atoms with Crippen molar-refractivity contribution in [2.24, 2.45) is 0 Å². The van der Waals surface area contributed by atoms with Gasteiger partial charge < -0.3 is 57.7 Å². The van der Waals surface area contributed by atoms with Crippen LogP contribution in [0.3, 0.4) is 0 Å². The fourth-order valence-corrected chi connectivity index (χ4v) is 0. The van der Waals surface area contributed by atoms with Crippen molar-refractivity contribution in [3.05, 3.63) is 0 Å². The monoisotopic (exact) mass is 598 g/mol. The number of hydrogen-bond donors (Lipinski definition) is 0. The first-order valence-corrected chi connectivity index (χ1v) is 6.57. The topological polar surface area (TPSA) is 259 Å². The van der Waals surface area contributed by atoms with Gasteiger partial charge in [0.1, 0.15) is 0 Å². The van der Waals surface area contributed by atoms with Gasteiger partial charge in [-0.3, -0.25) is 0 Å². The first-order chi connectivity index (χ1) is 6.00. The van der Waals surface area contributed by atoms with E-state index in [4.69, 9.17) is 57.7 Å². The Kier molecular flexibility index (Phi) is 36.9. The summed E-state index contributed by atoms with van der Waals surface area (Å²) in [6.45, 7) is 0. The van der Waals surface area contributed by atoms with E-state index in [-0.39, 0.29) is 121 Å². The summed E-state index contributed by atoms with van der Waals surface area (Å²) >= 11 is 0. The quantitative estimate of drug-likeness (QED) is 0.235. The summed E-state index contributed by atoms with van der Waals surface area (Å²) in [5.41, 5.74) is 0. The van der Waals surface area contributed by atoms with E-state index < -0.39 is 23.5 Å². The van der Waals surface area contributed by atoms with Crippen LogP contribution in [0.2, 0.25) is 0 Å². The Morgan fingerprint density at radius 3 is 0.444 bits per heavy atom. The smallest absolute Gasteiger partial charge is 0.822 e. The molecule has 0 aliphatic rings. The van der Waals surface area contributed by atoms with Crippen molar-refractivity contribution in [1.29, 1.82) is 0 Å². The van der Waals surface area contributed by atoms with E-state index in [0.29, 0.717) is 0 Å². The molecule has 0 unspecified atom stereocenters. The molecule has 0 fully saturated rings. The van der Waals surface area contributed by atoms with Gasteiger partial charge in [0.2, 0.25) is 0 Å². The summed E-state index contributed by atoms with van der Waals surface area (Å²) in [5.74, 6) is 0. The summed E-state index contributed by atoms with van der Waals surface area (Å²) in [6.07, 6.45) is 0. The van der Waals surface area contributed by atoms with E-state index in [9.17, 15) is 0 Å². The molecular formula is CsO12P3Zr2. The van der Waals surface area contributed by atoms with Gasteiger partial charge in [0.15, 0.2) is 0 Å². The zero-order chi connectivity index (χ0) is 13.5. The molecule has 0 heterocycles. The Morgan fingerprint density at radius 2 is 0.444 bits per heavy atom. The van der Waals surface area contributed by atoms with Crippen LogP contribution < -0.4 is 113 Å². The summed E-state index contributed by atoms with van der Waals surface area (Å²) in [6, 6.07) is 0. The van der Waals surface area contributed by atoms with Crippen LogP contribution in [-0.4, -0.2) is 0 Å². The van der Waals surface area contributed by atoms with Crippen molar-refractivity contribution in [1.82, 2.24) is 0 Å². The average Bonchev–Trinajstić information content (AvgIpc) is 1.41. The van der Waals surface area contributed by atoms with Crippen molar-refractivity contribution in [2.75, 3.05) is 0 Å². The Balaban J connectivity index is -0.0000000277. The molecule has 0 rings (SSSR count). The van der Waals surface area contributed by atoms with Crippen LogP contribution in [0.4, 0.5) is 0 Å². The Bertz CT molecular complexity index is 211. The van der Waals surface area contributed by atoms with Crippen molar-refractivity contribution < 1.29 is 179 Å². The summed E-state index contributed by atoms with van der Waals surface area (Å²) < 4.78 is 25.6. The van der Waals surface area contributed by atoms with E-state index in [1.54, 1.807) is 0 Å². The molecule has 96 valence electrons. The third kappa shape index (κ3) is 429. The maximum Gasteiger partial charge on any atom is 4.00 e. The normalized spacial score (nSPS) is 9.83. The third-order valence-electron chi connectivity index (χ3n) is 0. The Labute approximate surface area is 198 Å². The van der Waals surface area contributed by atoms with Crippen LogP contribution in [0.15, 0.2) is 0 Å². The van der Waals surface area contributed by atoms with Crippen LogP contribution in [-0.2, 0) is 66.1 Å². The number of rotatable bonds is 0. The maximum absolute atomic E-state index is 8.55. The predicted molar refractivity (Wildman–Crippen MR) is 22.8 cm³/mol. The fourth-order valence-electron chi connectivity index (χ4n) is 0. The average molecular weight is 600 g/mol. The van der Waals surface area contributed by atoms with Gasteiger partial charge in [-0.2, -0.15) is 23.5 Å². The van der Waals surface area contributed by atoms with E-state index in [0.717, 1.165) is 0 Å². The molecule has 0 bridgehead atoms. The summed E-state index contributed by atoms with van der Waals surface area (Å²) in [5, 5.41) is 0. The Morgan fingerprint density at radius 1 is 0.444 bits per heavy atom. The Hall–Kier alpha value is 4.15. The van der Waals surface area contributed by atoms with Crippen LogP contribution in [0.25, 0.3) is 0 Å². The van der Waals surface area contributed by atoms with Crippen LogP contribution >= 0.6 is 23.5 Å². The first-order valence-electron chi connectivity index (χ1n) is 2.19. The van der Waals surface area contributed by atoms with Crippen molar-refractivity contribution >= 4 is 23.5 Å². The molecule has 0 aromatic rings. The largest absolute Gasteiger partial charge is 4.00 e. The van der Waals surface area contributed by atoms with Crippen LogP contribution in [0.1, 0.15) is 0 Å². The van der Waals surface area contributed by atoms with E-state index in [1.807, 2.05) is 0 Å². The van der Waals surface area contributed by atoms with Gasteiger partial charge in [0.05, 0.1) is 0 Å². The molecule has 0 aliphatic heterocycles. The van der Waals surface area contributed by atoms with Crippen LogP contribution in [0, 0.1) is 0 Å². The van der Waals surface area contributed by atoms with Crippen LogP contribution in [0.5, 0.6) is 0 Å². The van der Waals surface area contributed by atoms with Crippen molar-refractivity contribution in [3.8, 4) is 0 Å². The first kappa shape index (κ1) is 38.0. The van der Waals surface area contributed by atoms with E-state index in [1.165, 1.54) is 0 Å². The molecule has 0 saturated carbocycles. The van der Waals surface area contributed by atoms with E-state index in [2.05, 4.69) is 0 Å². The SMILES string of the molecule is O=P([O-])([O-])[O-].O=P([O-])([O-])[O-].O=P([O-])([O-])[O-].[Cs+].[Zr+4].[Zr+4]. The molecule has 0 N–H and O–H groups in total. The van der Waals surface area contributed by atoms with Crippen molar-refractivity contribution in [2.45, 2.75) is 0 Å². The summed E-state index contributed by atoms with van der Waals surface area (Å²) in [7, 11) is -16.2. The van der Waals surface area contributed by atoms with Gasteiger partial charge in [0, 0.05) is 0 Å². The minimum Gasteiger partial charge on any atom is -0.822 e. The fraction of sp³-hybridized carbons (Fsp3) is 0. The molecule has 18 heavy (non-hydrogen) atoms. The third-order valence-corrected chi connectivity index (χ3v) is 0. The second kappa shape index (κ2) is 17.5. The number of phosphoric acid groups is 3. The molecule has 0 radical (unpaired) electrons. The van der Waals surface area contributed by atoms with Gasteiger partial charge >= 0.3 is 121 Å². The molecule has 0 aromatic heterocycles. The molecular weight excluding hydrogens is 600 g/mol. The summed E-state index contributed by atoms with van der Waals surface area (Å²) in [4.78, 5) is 76.9. The zero-order valence-electron chi connectivity index (χ0n) is 8.24. The predicted octanol–water partition coefficient (Wildman–Crippen LogP) is -11.5. The van der Waals surface area contributed by atoms with Gasteiger partial charge in [-0.25, -0.2) is 0 Å². The van der Waals surface area contributed by atoms with Gasteiger partial charge in [0.25, 0.3) is 0 Å².